The molecule has 12 rings (SSSR count). The first kappa shape index (κ1) is 29.6. The topological polar surface area (TPSA) is 51.8 Å². The van der Waals surface area contributed by atoms with E-state index >= 15 is 0 Å². The smallest absolute Gasteiger partial charge is 0.164 e. The summed E-state index contributed by atoms with van der Waals surface area (Å²) in [6.45, 7) is 0. The van der Waals surface area contributed by atoms with Crippen molar-refractivity contribution in [2.75, 3.05) is 0 Å². The van der Waals surface area contributed by atoms with Gasteiger partial charge in [0, 0.05) is 58.6 Å². The van der Waals surface area contributed by atoms with Crippen LogP contribution in [0.4, 0.5) is 0 Å². The van der Waals surface area contributed by atoms with Crippen LogP contribution < -0.4 is 0 Å². The van der Waals surface area contributed by atoms with E-state index < -0.39 is 0 Å². The molecule has 54 heavy (non-hydrogen) atoms. The summed E-state index contributed by atoms with van der Waals surface area (Å²) in [7, 11) is 0. The Balaban J connectivity index is 1.14. The van der Waals surface area contributed by atoms with Crippen molar-refractivity contribution in [3.63, 3.8) is 0 Å². The van der Waals surface area contributed by atoms with E-state index in [1.807, 2.05) is 23.5 Å². The highest BCUT2D eigenvalue weighted by Gasteiger charge is 2.27. The van der Waals surface area contributed by atoms with Crippen LogP contribution in [0.5, 0.6) is 0 Å². The molecule has 4 nitrogen and oxygen atoms in total. The molecule has 0 amide bonds. The van der Waals surface area contributed by atoms with Gasteiger partial charge >= 0.3 is 0 Å². The summed E-state index contributed by atoms with van der Waals surface area (Å²) >= 11 is 1.84. The van der Waals surface area contributed by atoms with Crippen molar-refractivity contribution in [2.24, 2.45) is 0 Å². The highest BCUT2D eigenvalue weighted by molar-refractivity contribution is 7.26. The third kappa shape index (κ3) is 4.33. The first-order valence-corrected chi connectivity index (χ1v) is 18.9. The van der Waals surface area contributed by atoms with Crippen LogP contribution in [-0.2, 0) is 0 Å². The van der Waals surface area contributed by atoms with Crippen LogP contribution >= 0.6 is 11.3 Å². The highest BCUT2D eigenvalue weighted by atomic mass is 32.1. The number of hydrogen-bond donors (Lipinski definition) is 0. The third-order valence-corrected chi connectivity index (χ3v) is 12.0. The number of furan rings is 1. The number of nitrogens with zero attached hydrogens (tertiary/aromatic N) is 3. The summed E-state index contributed by atoms with van der Waals surface area (Å²) < 4.78 is 9.05. The minimum Gasteiger partial charge on any atom is -0.456 e. The molecule has 0 fully saturated rings. The Labute approximate surface area is 313 Å². The molecule has 0 N–H and O–H groups in total. The minimum atomic E-state index is 0.630. The second-order valence-electron chi connectivity index (χ2n) is 13.9. The Kier molecular flexibility index (Phi) is 6.18. The summed E-state index contributed by atoms with van der Waals surface area (Å²) in [5.74, 6) is 1.90. The Bertz CT molecular complexity index is 3300. The van der Waals surface area contributed by atoms with Gasteiger partial charge in [-0.2, -0.15) is 0 Å². The lowest BCUT2D eigenvalue weighted by Gasteiger charge is -2.14. The van der Waals surface area contributed by atoms with Gasteiger partial charge in [-0.25, -0.2) is 15.0 Å². The molecular weight excluding hydrogens is 679 g/mol. The van der Waals surface area contributed by atoms with Gasteiger partial charge in [0.1, 0.15) is 11.2 Å². The number of hydrogen-bond acceptors (Lipinski definition) is 5. The molecule has 1 aliphatic carbocycles. The zero-order chi connectivity index (χ0) is 35.3. The Morgan fingerprint density at radius 1 is 0.352 bits per heavy atom. The van der Waals surface area contributed by atoms with Crippen molar-refractivity contribution in [2.45, 2.75) is 0 Å². The van der Waals surface area contributed by atoms with Crippen LogP contribution in [0.25, 0.3) is 120 Å². The van der Waals surface area contributed by atoms with Gasteiger partial charge in [-0.1, -0.05) is 127 Å². The van der Waals surface area contributed by atoms with Gasteiger partial charge in [-0.3, -0.25) is 0 Å². The molecule has 1 aliphatic rings. The first-order valence-electron chi connectivity index (χ1n) is 18.1. The van der Waals surface area contributed by atoms with Crippen molar-refractivity contribution < 1.29 is 4.42 Å². The van der Waals surface area contributed by atoms with Crippen molar-refractivity contribution in [3.05, 3.63) is 164 Å². The summed E-state index contributed by atoms with van der Waals surface area (Å²) in [5.41, 5.74) is 11.5. The fraction of sp³-hybridized carbons (Fsp3) is 0. The summed E-state index contributed by atoms with van der Waals surface area (Å²) in [6.07, 6.45) is 0. The van der Waals surface area contributed by atoms with Crippen molar-refractivity contribution in [1.29, 1.82) is 0 Å². The molecule has 0 unspecified atom stereocenters. The Morgan fingerprint density at radius 2 is 0.944 bits per heavy atom. The molecule has 3 heterocycles. The van der Waals surface area contributed by atoms with Gasteiger partial charge in [0.15, 0.2) is 17.5 Å². The van der Waals surface area contributed by atoms with E-state index in [0.29, 0.717) is 17.5 Å². The number of thiophene rings is 1. The molecule has 0 radical (unpaired) electrons. The van der Waals surface area contributed by atoms with Gasteiger partial charge in [0.2, 0.25) is 0 Å². The van der Waals surface area contributed by atoms with E-state index in [1.54, 1.807) is 0 Å². The maximum atomic E-state index is 6.54. The second kappa shape index (κ2) is 11.3. The lowest BCUT2D eigenvalue weighted by Crippen LogP contribution is -2.01. The van der Waals surface area contributed by atoms with E-state index in [-0.39, 0.29) is 0 Å². The summed E-state index contributed by atoms with van der Waals surface area (Å²) in [5, 5.41) is 7.31. The van der Waals surface area contributed by atoms with Crippen LogP contribution in [0, 0.1) is 0 Å². The predicted molar refractivity (Wildman–Crippen MR) is 224 cm³/mol. The SMILES string of the molecule is c1ccc(-c2ccc(-c3nc(-c4cccc(-c5ccccc5)c4)nc(-c4ccc5sc6ccc7ccc8oc9cccc%10c9c8c7c6c5c4-%10)n3)cc2)cc1. The molecule has 250 valence electrons. The van der Waals surface area contributed by atoms with Crippen molar-refractivity contribution in [1.82, 2.24) is 15.0 Å². The van der Waals surface area contributed by atoms with Crippen LogP contribution in [0.15, 0.2) is 168 Å². The number of fused-ring (bicyclic) bond motifs is 1. The molecule has 0 saturated carbocycles. The average Bonchev–Trinajstić information content (AvgIpc) is 3.79. The first-order chi connectivity index (χ1) is 26.7. The molecule has 3 aromatic heterocycles. The lowest BCUT2D eigenvalue weighted by atomic mass is 9.93. The van der Waals surface area contributed by atoms with Gasteiger partial charge in [0.05, 0.1) is 0 Å². The number of benzene rings is 8. The van der Waals surface area contributed by atoms with Crippen molar-refractivity contribution >= 4 is 64.2 Å². The third-order valence-electron chi connectivity index (χ3n) is 10.9. The monoisotopic (exact) mass is 705 g/mol. The highest BCUT2D eigenvalue weighted by Crippen LogP contribution is 2.53. The number of aromatic nitrogens is 3. The van der Waals surface area contributed by atoms with Crippen LogP contribution in [-0.4, -0.2) is 15.0 Å². The van der Waals surface area contributed by atoms with Crippen LogP contribution in [0.3, 0.4) is 0 Å². The summed E-state index contributed by atoms with van der Waals surface area (Å²) in [6, 6.07) is 57.6. The van der Waals surface area contributed by atoms with Gasteiger partial charge < -0.3 is 4.42 Å². The Morgan fingerprint density at radius 3 is 1.76 bits per heavy atom. The van der Waals surface area contributed by atoms with Gasteiger partial charge in [-0.05, 0) is 69.6 Å². The molecule has 0 atom stereocenters. The normalized spacial score (nSPS) is 12.1. The van der Waals surface area contributed by atoms with E-state index in [0.717, 1.165) is 61.1 Å². The predicted octanol–water partition coefficient (Wildman–Crippen LogP) is 13.6. The maximum Gasteiger partial charge on any atom is 0.164 e. The van der Waals surface area contributed by atoms with Crippen LogP contribution in [0.1, 0.15) is 0 Å². The largest absolute Gasteiger partial charge is 0.456 e. The van der Waals surface area contributed by atoms with E-state index in [2.05, 4.69) is 152 Å². The lowest BCUT2D eigenvalue weighted by molar-refractivity contribution is 0.669. The quantitative estimate of drug-likeness (QED) is 0.179. The zero-order valence-corrected chi connectivity index (χ0v) is 29.6. The summed E-state index contributed by atoms with van der Waals surface area (Å²) in [4.78, 5) is 15.8. The van der Waals surface area contributed by atoms with Crippen LogP contribution in [0.2, 0.25) is 0 Å². The average molecular weight is 706 g/mol. The standard InChI is InChI=1S/C49H27N3OS/c1-3-9-28(10-4-1)30-17-19-32(20-18-30)47-50-48(34-14-7-13-33(27-34)29-11-5-2-6-12-29)52-49(51-47)36-23-26-40-46-42(36)35-15-8-16-37-43(35)44-38(53-37)24-21-31-22-25-39(54-40)45(46)41(31)44/h1-27H. The fourth-order valence-electron chi connectivity index (χ4n) is 8.41. The van der Waals surface area contributed by atoms with E-state index in [4.69, 9.17) is 19.4 Å². The van der Waals surface area contributed by atoms with Crippen molar-refractivity contribution in [3.8, 4) is 67.5 Å². The van der Waals surface area contributed by atoms with E-state index in [9.17, 15) is 0 Å². The Hall–Kier alpha value is -6.95. The molecule has 11 aromatic rings. The number of rotatable bonds is 5. The van der Waals surface area contributed by atoms with Gasteiger partial charge in [-0.15, -0.1) is 11.3 Å². The molecule has 0 aliphatic heterocycles. The zero-order valence-electron chi connectivity index (χ0n) is 28.7. The van der Waals surface area contributed by atoms with E-state index in [1.165, 1.54) is 41.9 Å². The maximum absolute atomic E-state index is 6.54. The molecule has 0 spiro atoms. The minimum absolute atomic E-state index is 0.630. The molecule has 0 saturated heterocycles. The molecule has 8 aromatic carbocycles. The molecule has 5 heteroatoms. The fourth-order valence-corrected chi connectivity index (χ4v) is 9.54. The molecular formula is C49H27N3OS. The molecule has 0 bridgehead atoms. The van der Waals surface area contributed by atoms with Gasteiger partial charge in [0.25, 0.3) is 0 Å². The second-order valence-corrected chi connectivity index (χ2v) is 15.0.